The van der Waals surface area contributed by atoms with Crippen LogP contribution in [-0.2, 0) is 7.05 Å². The Morgan fingerprint density at radius 3 is 2.59 bits per heavy atom. The predicted octanol–water partition coefficient (Wildman–Crippen LogP) is 1.44. The Bertz CT molecular complexity index is 568. The number of carbonyl (C=O) groups is 2. The molecular formula is C10H9N3O3S. The van der Waals surface area contributed by atoms with E-state index in [1.54, 1.807) is 24.0 Å². The number of carboxylic acid groups (broad SMARTS) is 1. The van der Waals surface area contributed by atoms with Crippen molar-refractivity contribution in [3.05, 3.63) is 22.8 Å². The molecular weight excluding hydrogens is 242 g/mol. The Morgan fingerprint density at radius 1 is 1.47 bits per heavy atom. The van der Waals surface area contributed by atoms with Crippen LogP contribution in [0.5, 0.6) is 0 Å². The third-order valence-corrected chi connectivity index (χ3v) is 3.26. The van der Waals surface area contributed by atoms with Gasteiger partial charge in [0.1, 0.15) is 15.6 Å². The van der Waals surface area contributed by atoms with Gasteiger partial charge in [0.25, 0.3) is 0 Å². The van der Waals surface area contributed by atoms with Crippen LogP contribution in [0.1, 0.15) is 27.1 Å². The molecule has 2 aromatic rings. The number of nitrogens with zero attached hydrogens (tertiary/aromatic N) is 3. The molecule has 17 heavy (non-hydrogen) atoms. The zero-order valence-electron chi connectivity index (χ0n) is 9.17. The largest absolute Gasteiger partial charge is 0.476 e. The van der Waals surface area contributed by atoms with Gasteiger partial charge >= 0.3 is 5.97 Å². The number of rotatable bonds is 3. The first-order valence-corrected chi connectivity index (χ1v) is 5.55. The topological polar surface area (TPSA) is 85.1 Å². The number of aromatic carboxylic acids is 1. The Morgan fingerprint density at radius 2 is 2.18 bits per heavy atom. The zero-order chi connectivity index (χ0) is 12.6. The van der Waals surface area contributed by atoms with Gasteiger partial charge < -0.3 is 5.11 Å². The molecule has 0 fully saturated rings. The summed E-state index contributed by atoms with van der Waals surface area (Å²) in [5.74, 6) is -1.50. The van der Waals surface area contributed by atoms with Gasteiger partial charge in [-0.1, -0.05) is 0 Å². The van der Waals surface area contributed by atoms with E-state index in [-0.39, 0.29) is 16.4 Å². The fraction of sp³-hybridized carbons (Fsp3) is 0.200. The Hall–Kier alpha value is -2.02. The first-order chi connectivity index (χ1) is 7.99. The molecule has 0 amide bonds. The smallest absolute Gasteiger partial charge is 0.356 e. The fourth-order valence-electron chi connectivity index (χ4n) is 1.34. The number of thiazole rings is 1. The molecule has 0 unspecified atom stereocenters. The lowest BCUT2D eigenvalue weighted by atomic mass is 10.3. The second-order valence-corrected chi connectivity index (χ2v) is 4.43. The first-order valence-electron chi connectivity index (χ1n) is 4.74. The quantitative estimate of drug-likeness (QED) is 0.834. The van der Waals surface area contributed by atoms with Crippen molar-refractivity contribution in [3.8, 4) is 10.7 Å². The van der Waals surface area contributed by atoms with Gasteiger partial charge in [-0.05, 0) is 6.07 Å². The highest BCUT2D eigenvalue weighted by Gasteiger charge is 2.21. The van der Waals surface area contributed by atoms with Gasteiger partial charge in [0.15, 0.2) is 11.5 Å². The number of aromatic nitrogens is 3. The third kappa shape index (κ3) is 2.09. The van der Waals surface area contributed by atoms with Crippen molar-refractivity contribution >= 4 is 23.1 Å². The zero-order valence-corrected chi connectivity index (χ0v) is 9.98. The summed E-state index contributed by atoms with van der Waals surface area (Å²) in [7, 11) is 1.75. The van der Waals surface area contributed by atoms with Crippen LogP contribution in [-0.4, -0.2) is 31.6 Å². The van der Waals surface area contributed by atoms with Crippen molar-refractivity contribution in [1.82, 2.24) is 14.8 Å². The number of Topliss-reactive ketones (excluding diaryl/α,β-unsaturated/α-hetero) is 1. The standard InChI is InChI=1S/C10H9N3O3S/c1-5(14)8-7(10(15)16)11-9(17-8)6-3-4-13(2)12-6/h3-4H,1-2H3,(H,15,16). The van der Waals surface area contributed by atoms with E-state index in [4.69, 9.17) is 5.11 Å². The van der Waals surface area contributed by atoms with Gasteiger partial charge in [0.05, 0.1) is 0 Å². The molecule has 2 rings (SSSR count). The highest BCUT2D eigenvalue weighted by molar-refractivity contribution is 7.17. The summed E-state index contributed by atoms with van der Waals surface area (Å²) in [6.45, 7) is 1.32. The second-order valence-electron chi connectivity index (χ2n) is 3.43. The summed E-state index contributed by atoms with van der Waals surface area (Å²) in [6, 6.07) is 1.72. The summed E-state index contributed by atoms with van der Waals surface area (Å²) in [5, 5.41) is 13.5. The van der Waals surface area contributed by atoms with Crippen LogP contribution >= 0.6 is 11.3 Å². The Kier molecular flexibility index (Phi) is 2.76. The third-order valence-electron chi connectivity index (χ3n) is 2.08. The average molecular weight is 251 g/mol. The molecule has 7 heteroatoms. The van der Waals surface area contributed by atoms with Gasteiger partial charge in [-0.3, -0.25) is 9.48 Å². The van der Waals surface area contributed by atoms with Crippen molar-refractivity contribution in [1.29, 1.82) is 0 Å². The van der Waals surface area contributed by atoms with Crippen LogP contribution in [0.15, 0.2) is 12.3 Å². The lowest BCUT2D eigenvalue weighted by molar-refractivity contribution is 0.0687. The summed E-state index contributed by atoms with van der Waals surface area (Å²) in [4.78, 5) is 26.3. The van der Waals surface area contributed by atoms with Crippen LogP contribution in [0.2, 0.25) is 0 Å². The minimum Gasteiger partial charge on any atom is -0.476 e. The molecule has 2 heterocycles. The highest BCUT2D eigenvalue weighted by atomic mass is 32.1. The first kappa shape index (κ1) is 11.5. The van der Waals surface area contributed by atoms with Crippen molar-refractivity contribution in [3.63, 3.8) is 0 Å². The number of carboxylic acids is 1. The van der Waals surface area contributed by atoms with E-state index in [1.807, 2.05) is 0 Å². The van der Waals surface area contributed by atoms with E-state index < -0.39 is 5.97 Å². The SMILES string of the molecule is CC(=O)c1sc(-c2ccn(C)n2)nc1C(=O)O. The molecule has 0 aliphatic rings. The molecule has 2 aromatic heterocycles. The maximum Gasteiger partial charge on any atom is 0.356 e. The molecule has 6 nitrogen and oxygen atoms in total. The summed E-state index contributed by atoms with van der Waals surface area (Å²) >= 11 is 1.05. The van der Waals surface area contributed by atoms with E-state index in [0.29, 0.717) is 10.7 Å². The normalized spacial score (nSPS) is 10.5. The van der Waals surface area contributed by atoms with E-state index in [9.17, 15) is 9.59 Å². The van der Waals surface area contributed by atoms with Crippen molar-refractivity contribution in [2.75, 3.05) is 0 Å². The van der Waals surface area contributed by atoms with Gasteiger partial charge in [-0.25, -0.2) is 9.78 Å². The number of carbonyl (C=O) groups excluding carboxylic acids is 1. The lowest BCUT2D eigenvalue weighted by Crippen LogP contribution is -2.03. The minimum atomic E-state index is -1.20. The van der Waals surface area contributed by atoms with Gasteiger partial charge in [-0.15, -0.1) is 11.3 Å². The monoisotopic (exact) mass is 251 g/mol. The molecule has 88 valence electrons. The second kappa shape index (κ2) is 4.10. The van der Waals surface area contributed by atoms with E-state index >= 15 is 0 Å². The minimum absolute atomic E-state index is 0.151. The lowest BCUT2D eigenvalue weighted by Gasteiger charge is -1.89. The van der Waals surface area contributed by atoms with Gasteiger partial charge in [0.2, 0.25) is 0 Å². The van der Waals surface area contributed by atoms with Crippen LogP contribution in [0.25, 0.3) is 10.7 Å². The van der Waals surface area contributed by atoms with E-state index in [1.165, 1.54) is 6.92 Å². The van der Waals surface area contributed by atoms with Crippen molar-refractivity contribution in [2.24, 2.45) is 7.05 Å². The number of hydrogen-bond acceptors (Lipinski definition) is 5. The number of ketones is 1. The summed E-state index contributed by atoms with van der Waals surface area (Å²) in [6.07, 6.45) is 1.73. The Labute approximate surface area is 101 Å². The Balaban J connectivity index is 2.54. The van der Waals surface area contributed by atoms with Crippen LogP contribution in [0.4, 0.5) is 0 Å². The van der Waals surface area contributed by atoms with Crippen LogP contribution < -0.4 is 0 Å². The van der Waals surface area contributed by atoms with Crippen molar-refractivity contribution in [2.45, 2.75) is 6.92 Å². The maximum atomic E-state index is 11.3. The molecule has 0 saturated carbocycles. The number of hydrogen-bond donors (Lipinski definition) is 1. The molecule has 0 aliphatic carbocycles. The summed E-state index contributed by atoms with van der Waals surface area (Å²) < 4.78 is 1.59. The van der Waals surface area contributed by atoms with E-state index in [2.05, 4.69) is 10.1 Å². The predicted molar refractivity (Wildman–Crippen MR) is 61.3 cm³/mol. The molecule has 0 aliphatic heterocycles. The average Bonchev–Trinajstić information content (AvgIpc) is 2.82. The molecule has 0 atom stereocenters. The molecule has 0 radical (unpaired) electrons. The molecule has 0 bridgehead atoms. The summed E-state index contributed by atoms with van der Waals surface area (Å²) in [5.41, 5.74) is 0.357. The van der Waals surface area contributed by atoms with Gasteiger partial charge in [0, 0.05) is 20.2 Å². The van der Waals surface area contributed by atoms with Crippen LogP contribution in [0, 0.1) is 0 Å². The van der Waals surface area contributed by atoms with Crippen molar-refractivity contribution < 1.29 is 14.7 Å². The molecule has 0 aromatic carbocycles. The molecule has 0 saturated heterocycles. The maximum absolute atomic E-state index is 11.3. The van der Waals surface area contributed by atoms with Gasteiger partial charge in [-0.2, -0.15) is 5.10 Å². The number of aryl methyl sites for hydroxylation is 1. The van der Waals surface area contributed by atoms with E-state index in [0.717, 1.165) is 11.3 Å². The molecule has 0 spiro atoms. The molecule has 1 N–H and O–H groups in total. The van der Waals surface area contributed by atoms with Crippen LogP contribution in [0.3, 0.4) is 0 Å². The fourth-order valence-corrected chi connectivity index (χ4v) is 2.26. The highest BCUT2D eigenvalue weighted by Crippen LogP contribution is 2.27.